The maximum Gasteiger partial charge on any atom is 0.254 e. The molecule has 1 atom stereocenters. The predicted octanol–water partition coefficient (Wildman–Crippen LogP) is 1.38. The van der Waals surface area contributed by atoms with E-state index in [1.807, 2.05) is 42.2 Å². The number of aromatic amines is 1. The Morgan fingerprint density at radius 3 is 2.76 bits per heavy atom. The molecule has 1 fully saturated rings. The van der Waals surface area contributed by atoms with Gasteiger partial charge in [0.2, 0.25) is 0 Å². The van der Waals surface area contributed by atoms with E-state index in [1.54, 1.807) is 0 Å². The Labute approximate surface area is 147 Å². The van der Waals surface area contributed by atoms with Crippen molar-refractivity contribution in [3.05, 3.63) is 47.5 Å². The van der Waals surface area contributed by atoms with Gasteiger partial charge in [-0.3, -0.25) is 9.89 Å². The number of nitrogens with one attached hydrogen (secondary N) is 1. The second kappa shape index (κ2) is 8.22. The summed E-state index contributed by atoms with van der Waals surface area (Å²) in [7, 11) is 0. The van der Waals surface area contributed by atoms with E-state index in [1.165, 1.54) is 0 Å². The number of aryl methyl sites for hydroxylation is 1. The van der Waals surface area contributed by atoms with Crippen LogP contribution in [0.3, 0.4) is 0 Å². The van der Waals surface area contributed by atoms with Gasteiger partial charge in [0.15, 0.2) is 5.82 Å². The molecule has 1 saturated heterocycles. The minimum atomic E-state index is -0.142. The first-order valence-corrected chi connectivity index (χ1v) is 8.77. The number of amides is 1. The fourth-order valence-electron chi connectivity index (χ4n) is 3.26. The van der Waals surface area contributed by atoms with E-state index < -0.39 is 0 Å². The number of hydrogen-bond donors (Lipinski definition) is 2. The second-order valence-corrected chi connectivity index (χ2v) is 6.37. The van der Waals surface area contributed by atoms with Gasteiger partial charge in [0, 0.05) is 38.3 Å². The van der Waals surface area contributed by atoms with Crippen molar-refractivity contribution in [2.24, 2.45) is 0 Å². The van der Waals surface area contributed by atoms with E-state index in [0.29, 0.717) is 17.9 Å². The maximum absolute atomic E-state index is 13.1. The summed E-state index contributed by atoms with van der Waals surface area (Å²) in [4.78, 5) is 21.7. The number of aliphatic hydroxyl groups excluding tert-OH is 1. The molecule has 1 amide bonds. The fourth-order valence-corrected chi connectivity index (χ4v) is 3.26. The molecule has 134 valence electrons. The van der Waals surface area contributed by atoms with E-state index >= 15 is 0 Å². The molecule has 2 aromatic rings. The number of hydrogen-bond acceptors (Lipinski definition) is 5. The molecule has 0 spiro atoms. The highest BCUT2D eigenvalue weighted by atomic mass is 16.3. The minimum Gasteiger partial charge on any atom is -0.396 e. The highest BCUT2D eigenvalue weighted by Gasteiger charge is 2.31. The molecule has 0 saturated carbocycles. The molecule has 7 heteroatoms. The highest BCUT2D eigenvalue weighted by molar-refractivity contribution is 5.94. The molecule has 1 aliphatic rings. The number of rotatable bonds is 5. The van der Waals surface area contributed by atoms with Crippen LogP contribution in [0.15, 0.2) is 30.3 Å². The molecule has 1 unspecified atom stereocenters. The van der Waals surface area contributed by atoms with Crippen molar-refractivity contribution < 1.29 is 9.90 Å². The third-order valence-electron chi connectivity index (χ3n) is 4.58. The molecular formula is C18H25N5O2. The molecule has 1 aromatic heterocycles. The molecule has 7 nitrogen and oxygen atoms in total. The summed E-state index contributed by atoms with van der Waals surface area (Å²) in [5, 5.41) is 16.3. The second-order valence-electron chi connectivity index (χ2n) is 6.37. The van der Waals surface area contributed by atoms with Crippen LogP contribution in [-0.4, -0.2) is 68.8 Å². The SMILES string of the molecule is Cc1nc(C2CCN(CCCO)CCN2C(=O)c2ccccc2)n[nH]1. The Bertz CT molecular complexity index is 688. The zero-order valence-corrected chi connectivity index (χ0v) is 14.6. The molecule has 1 aliphatic heterocycles. The number of benzene rings is 1. The first-order valence-electron chi connectivity index (χ1n) is 8.77. The lowest BCUT2D eigenvalue weighted by atomic mass is 10.1. The maximum atomic E-state index is 13.1. The van der Waals surface area contributed by atoms with Crippen molar-refractivity contribution in [3.63, 3.8) is 0 Å². The molecule has 0 aliphatic carbocycles. The average molecular weight is 343 g/mol. The summed E-state index contributed by atoms with van der Waals surface area (Å²) < 4.78 is 0. The topological polar surface area (TPSA) is 85.3 Å². The third-order valence-corrected chi connectivity index (χ3v) is 4.58. The molecule has 1 aromatic carbocycles. The van der Waals surface area contributed by atoms with Crippen LogP contribution in [0, 0.1) is 6.92 Å². The summed E-state index contributed by atoms with van der Waals surface area (Å²) in [6.45, 7) is 5.16. The summed E-state index contributed by atoms with van der Waals surface area (Å²) >= 11 is 0. The number of H-pyrrole nitrogens is 1. The van der Waals surface area contributed by atoms with Gasteiger partial charge in [-0.2, -0.15) is 5.10 Å². The van der Waals surface area contributed by atoms with Gasteiger partial charge in [-0.05, 0) is 31.9 Å². The van der Waals surface area contributed by atoms with Gasteiger partial charge in [0.05, 0.1) is 6.04 Å². The smallest absolute Gasteiger partial charge is 0.254 e. The molecule has 2 N–H and O–H groups in total. The molecule has 0 bridgehead atoms. The van der Waals surface area contributed by atoms with Crippen molar-refractivity contribution in [3.8, 4) is 0 Å². The largest absolute Gasteiger partial charge is 0.396 e. The van der Waals surface area contributed by atoms with Crippen molar-refractivity contribution in [1.29, 1.82) is 0 Å². The Hall–Kier alpha value is -2.25. The fraction of sp³-hybridized carbons (Fsp3) is 0.500. The number of aromatic nitrogens is 3. The van der Waals surface area contributed by atoms with E-state index in [-0.39, 0.29) is 18.6 Å². The lowest BCUT2D eigenvalue weighted by Gasteiger charge is -2.28. The van der Waals surface area contributed by atoms with Gasteiger partial charge in [-0.25, -0.2) is 4.98 Å². The molecule has 0 radical (unpaired) electrons. The minimum absolute atomic E-state index is 0.0112. The number of nitrogens with zero attached hydrogens (tertiary/aromatic N) is 4. The van der Waals surface area contributed by atoms with Gasteiger partial charge in [0.1, 0.15) is 5.82 Å². The van der Waals surface area contributed by atoms with Crippen molar-refractivity contribution in [2.75, 3.05) is 32.8 Å². The van der Waals surface area contributed by atoms with Crippen molar-refractivity contribution in [2.45, 2.75) is 25.8 Å². The van der Waals surface area contributed by atoms with Crippen LogP contribution in [0.4, 0.5) is 0 Å². The van der Waals surface area contributed by atoms with Crippen LogP contribution in [0.1, 0.15) is 40.9 Å². The molecule has 3 rings (SSSR count). The van der Waals surface area contributed by atoms with Gasteiger partial charge in [-0.15, -0.1) is 0 Å². The monoisotopic (exact) mass is 343 g/mol. The Morgan fingerprint density at radius 1 is 1.28 bits per heavy atom. The van der Waals surface area contributed by atoms with Crippen LogP contribution >= 0.6 is 0 Å². The van der Waals surface area contributed by atoms with Crippen LogP contribution in [0.2, 0.25) is 0 Å². The number of carbonyl (C=O) groups is 1. The van der Waals surface area contributed by atoms with Gasteiger partial charge < -0.3 is 14.9 Å². The number of carbonyl (C=O) groups excluding carboxylic acids is 1. The van der Waals surface area contributed by atoms with Gasteiger partial charge in [-0.1, -0.05) is 18.2 Å². The van der Waals surface area contributed by atoms with E-state index in [4.69, 9.17) is 5.11 Å². The lowest BCUT2D eigenvalue weighted by Crippen LogP contribution is -2.37. The molecule has 2 heterocycles. The molecule has 25 heavy (non-hydrogen) atoms. The van der Waals surface area contributed by atoms with Gasteiger partial charge in [0.25, 0.3) is 5.91 Å². The van der Waals surface area contributed by atoms with Gasteiger partial charge >= 0.3 is 0 Å². The van der Waals surface area contributed by atoms with E-state index in [2.05, 4.69) is 20.1 Å². The zero-order valence-electron chi connectivity index (χ0n) is 14.6. The van der Waals surface area contributed by atoms with E-state index in [0.717, 1.165) is 38.3 Å². The Kier molecular flexibility index (Phi) is 5.78. The normalized spacial score (nSPS) is 19.0. The average Bonchev–Trinajstić information content (AvgIpc) is 2.96. The summed E-state index contributed by atoms with van der Waals surface area (Å²) in [6, 6.07) is 9.21. The molecular weight excluding hydrogens is 318 g/mol. The number of aliphatic hydroxyl groups is 1. The first kappa shape index (κ1) is 17.6. The van der Waals surface area contributed by atoms with Crippen molar-refractivity contribution >= 4 is 5.91 Å². The first-order chi connectivity index (χ1) is 12.2. The van der Waals surface area contributed by atoms with Crippen LogP contribution in [0.5, 0.6) is 0 Å². The third kappa shape index (κ3) is 4.24. The van der Waals surface area contributed by atoms with Crippen molar-refractivity contribution in [1.82, 2.24) is 25.0 Å². The summed E-state index contributed by atoms with van der Waals surface area (Å²) in [5.74, 6) is 1.44. The van der Waals surface area contributed by atoms with Crippen LogP contribution in [-0.2, 0) is 0 Å². The quantitative estimate of drug-likeness (QED) is 0.857. The predicted molar refractivity (Wildman–Crippen MR) is 94.1 cm³/mol. The highest BCUT2D eigenvalue weighted by Crippen LogP contribution is 2.26. The lowest BCUT2D eigenvalue weighted by molar-refractivity contribution is 0.0677. The van der Waals surface area contributed by atoms with Crippen LogP contribution < -0.4 is 0 Å². The summed E-state index contributed by atoms with van der Waals surface area (Å²) in [6.07, 6.45) is 1.53. The standard InChI is InChI=1S/C18H25N5O2/c1-14-19-17(21-20-14)16-8-10-22(9-5-13-24)11-12-23(16)18(25)15-6-3-2-4-7-15/h2-4,6-7,16,24H,5,8-13H2,1H3,(H,19,20,21). The zero-order chi connectivity index (χ0) is 17.6. The Balaban J connectivity index is 1.83. The Morgan fingerprint density at radius 2 is 2.08 bits per heavy atom. The summed E-state index contributed by atoms with van der Waals surface area (Å²) in [5.41, 5.74) is 0.684. The van der Waals surface area contributed by atoms with E-state index in [9.17, 15) is 4.79 Å². The van der Waals surface area contributed by atoms with Crippen LogP contribution in [0.25, 0.3) is 0 Å².